The van der Waals surface area contributed by atoms with Gasteiger partial charge in [0, 0.05) is 13.1 Å². The second-order valence-corrected chi connectivity index (χ2v) is 10.8. The molecule has 0 heterocycles. The number of esters is 1. The van der Waals surface area contributed by atoms with Crippen LogP contribution in [0.25, 0.3) is 0 Å². The molecule has 0 saturated heterocycles. The zero-order valence-corrected chi connectivity index (χ0v) is 15.8. The minimum Gasteiger partial charge on any atom is -0.465 e. The molecule has 0 spiro atoms. The van der Waals surface area contributed by atoms with Gasteiger partial charge in [-0.25, -0.2) is 4.79 Å². The molecule has 0 aliphatic heterocycles. The highest BCUT2D eigenvalue weighted by molar-refractivity contribution is 6.83. The molecule has 0 aromatic heterocycles. The predicted octanol–water partition coefficient (Wildman–Crippen LogP) is 4.04. The van der Waals surface area contributed by atoms with E-state index >= 15 is 0 Å². The number of methoxy groups -OCH3 is 1. The van der Waals surface area contributed by atoms with Crippen LogP contribution in [0.3, 0.4) is 0 Å². The van der Waals surface area contributed by atoms with E-state index in [1.165, 1.54) is 7.11 Å². The second kappa shape index (κ2) is 8.49. The molecule has 124 valence electrons. The van der Waals surface area contributed by atoms with E-state index in [0.717, 1.165) is 13.1 Å². The van der Waals surface area contributed by atoms with Crippen LogP contribution in [0.5, 0.6) is 0 Å². The van der Waals surface area contributed by atoms with Crippen molar-refractivity contribution in [3.63, 3.8) is 0 Å². The number of hydrogen-bond acceptors (Lipinski definition) is 4. The van der Waals surface area contributed by atoms with Gasteiger partial charge < -0.3 is 4.74 Å². The summed E-state index contributed by atoms with van der Waals surface area (Å²) < 4.78 is 4.84. The summed E-state index contributed by atoms with van der Waals surface area (Å²) in [7, 11) is -0.179. The van der Waals surface area contributed by atoms with Crippen molar-refractivity contribution >= 4 is 19.7 Å². The summed E-state index contributed by atoms with van der Waals surface area (Å²) >= 11 is 0. The van der Waals surface area contributed by atoms with Crippen molar-refractivity contribution < 1.29 is 9.53 Å². The van der Waals surface area contributed by atoms with Crippen LogP contribution in [0.2, 0.25) is 19.6 Å². The monoisotopic (exact) mass is 331 g/mol. The molecule has 0 unspecified atom stereocenters. The van der Waals surface area contributed by atoms with E-state index in [2.05, 4.69) is 41.4 Å². The fraction of sp³-hybridized carbons (Fsp3) is 0.471. The highest BCUT2D eigenvalue weighted by Gasteiger charge is 2.15. The number of benzene rings is 1. The van der Waals surface area contributed by atoms with E-state index in [1.54, 1.807) is 12.1 Å². The Labute approximate surface area is 139 Å². The minimum atomic E-state index is -1.53. The molecule has 0 atom stereocenters. The second-order valence-electron chi connectivity index (χ2n) is 6.02. The van der Waals surface area contributed by atoms with E-state index in [-0.39, 0.29) is 0 Å². The number of carbonyl (C=O) groups excluding carboxylic acids is 1. The summed E-state index contributed by atoms with van der Waals surface area (Å²) in [5.74, 6) is 2.73. The highest BCUT2D eigenvalue weighted by Crippen LogP contribution is 2.25. The average Bonchev–Trinajstić information content (AvgIpc) is 2.52. The third-order valence-corrected chi connectivity index (χ3v) is 3.89. The summed E-state index contributed by atoms with van der Waals surface area (Å²) in [5.41, 5.74) is 4.85. The van der Waals surface area contributed by atoms with Crippen LogP contribution in [0.4, 0.5) is 5.69 Å². The molecule has 1 aromatic rings. The predicted molar refractivity (Wildman–Crippen MR) is 95.4 cm³/mol. The first-order chi connectivity index (χ1) is 10.8. The molecule has 5 nitrogen and oxygen atoms in total. The Bertz CT molecular complexity index is 635. The Hall–Kier alpha value is -2.13. The lowest BCUT2D eigenvalue weighted by Gasteiger charge is -2.12. The maximum absolute atomic E-state index is 12.0. The molecule has 0 aliphatic carbocycles. The molecule has 0 amide bonds. The van der Waals surface area contributed by atoms with E-state index < -0.39 is 14.0 Å². The third kappa shape index (κ3) is 5.87. The van der Waals surface area contributed by atoms with Crippen LogP contribution < -0.4 is 0 Å². The van der Waals surface area contributed by atoms with Gasteiger partial charge in [0.25, 0.3) is 0 Å². The topological polar surface area (TPSA) is 54.3 Å². The van der Waals surface area contributed by atoms with Gasteiger partial charge in [-0.3, -0.25) is 5.01 Å². The van der Waals surface area contributed by atoms with Gasteiger partial charge in [0.15, 0.2) is 0 Å². The van der Waals surface area contributed by atoms with Gasteiger partial charge >= 0.3 is 5.97 Å². The normalized spacial score (nSPS) is 11.0. The maximum atomic E-state index is 12.0. The fourth-order valence-electron chi connectivity index (χ4n) is 1.74. The van der Waals surface area contributed by atoms with E-state index in [9.17, 15) is 4.79 Å². The van der Waals surface area contributed by atoms with Crippen LogP contribution in [0.15, 0.2) is 28.5 Å². The van der Waals surface area contributed by atoms with Gasteiger partial charge in [-0.15, -0.1) is 10.7 Å². The molecule has 1 rings (SSSR count). The summed E-state index contributed by atoms with van der Waals surface area (Å²) in [5, 5.41) is 10.3. The molecule has 0 aliphatic rings. The summed E-state index contributed by atoms with van der Waals surface area (Å²) in [6.07, 6.45) is 0. The summed E-state index contributed by atoms with van der Waals surface area (Å²) in [6.45, 7) is 12.0. The van der Waals surface area contributed by atoms with Crippen LogP contribution in [-0.4, -0.2) is 39.3 Å². The lowest BCUT2D eigenvalue weighted by atomic mass is 10.1. The fourth-order valence-corrected chi connectivity index (χ4v) is 2.25. The molecule has 0 bridgehead atoms. The molecular weight excluding hydrogens is 306 g/mol. The molecule has 1 aromatic carbocycles. The van der Waals surface area contributed by atoms with Gasteiger partial charge in [-0.05, 0) is 26.0 Å². The van der Waals surface area contributed by atoms with E-state index in [1.807, 2.05) is 24.9 Å². The average molecular weight is 331 g/mol. The smallest absolute Gasteiger partial charge is 0.340 e. The van der Waals surface area contributed by atoms with Gasteiger partial charge in [-0.1, -0.05) is 36.9 Å². The molecular formula is C17H25N3O2Si. The van der Waals surface area contributed by atoms with Crippen molar-refractivity contribution in [1.29, 1.82) is 0 Å². The van der Waals surface area contributed by atoms with E-state index in [0.29, 0.717) is 16.8 Å². The van der Waals surface area contributed by atoms with Gasteiger partial charge in [0.05, 0.1) is 18.2 Å². The number of carbonyl (C=O) groups is 1. The SMILES string of the molecule is CCN(CC)/N=N/c1c(C#C[Si](C)(C)C)cccc1C(=O)OC. The number of ether oxygens (including phenoxy) is 1. The standard InChI is InChI=1S/C17H25N3O2Si/c1-7-20(8-2)19-18-16-14(12-13-23(4,5)6)10-9-11-15(16)17(21)22-3/h9-11H,7-8H2,1-6H3/b19-18+. The Morgan fingerprint density at radius 3 is 2.43 bits per heavy atom. The Morgan fingerprint density at radius 2 is 1.91 bits per heavy atom. The quantitative estimate of drug-likeness (QED) is 0.269. The number of hydrogen-bond donors (Lipinski definition) is 0. The van der Waals surface area contributed by atoms with Gasteiger partial charge in [0.2, 0.25) is 0 Å². The van der Waals surface area contributed by atoms with Crippen molar-refractivity contribution in [2.45, 2.75) is 33.5 Å². The first-order valence-electron chi connectivity index (χ1n) is 7.73. The van der Waals surface area contributed by atoms with Crippen LogP contribution >= 0.6 is 0 Å². The Morgan fingerprint density at radius 1 is 1.26 bits per heavy atom. The van der Waals surface area contributed by atoms with Crippen molar-refractivity contribution in [2.75, 3.05) is 20.2 Å². The maximum Gasteiger partial charge on any atom is 0.340 e. The molecule has 0 saturated carbocycles. The molecule has 23 heavy (non-hydrogen) atoms. The summed E-state index contributed by atoms with van der Waals surface area (Å²) in [4.78, 5) is 12.0. The molecule has 0 radical (unpaired) electrons. The van der Waals surface area contributed by atoms with Crippen molar-refractivity contribution in [3.8, 4) is 11.5 Å². The van der Waals surface area contributed by atoms with Crippen LogP contribution in [-0.2, 0) is 4.74 Å². The first-order valence-corrected chi connectivity index (χ1v) is 11.2. The van der Waals surface area contributed by atoms with Crippen molar-refractivity contribution in [3.05, 3.63) is 29.3 Å². The third-order valence-electron chi connectivity index (χ3n) is 3.01. The Kier molecular flexibility index (Phi) is 6.98. The van der Waals surface area contributed by atoms with Crippen molar-refractivity contribution in [2.24, 2.45) is 10.3 Å². The zero-order valence-electron chi connectivity index (χ0n) is 14.8. The molecule has 0 N–H and O–H groups in total. The van der Waals surface area contributed by atoms with Crippen molar-refractivity contribution in [1.82, 2.24) is 5.01 Å². The number of nitrogens with zero attached hydrogens (tertiary/aromatic N) is 3. The van der Waals surface area contributed by atoms with Gasteiger partial charge in [-0.2, -0.15) is 0 Å². The lowest BCUT2D eigenvalue weighted by molar-refractivity contribution is 0.0601. The summed E-state index contributed by atoms with van der Waals surface area (Å²) in [6, 6.07) is 5.33. The number of rotatable bonds is 5. The largest absolute Gasteiger partial charge is 0.465 e. The van der Waals surface area contributed by atoms with Crippen LogP contribution in [0.1, 0.15) is 29.8 Å². The highest BCUT2D eigenvalue weighted by atomic mass is 28.3. The van der Waals surface area contributed by atoms with Crippen LogP contribution in [0, 0.1) is 11.5 Å². The van der Waals surface area contributed by atoms with Gasteiger partial charge in [0.1, 0.15) is 13.8 Å². The first kappa shape index (κ1) is 18.9. The lowest BCUT2D eigenvalue weighted by Crippen LogP contribution is -2.16. The minimum absolute atomic E-state index is 0.380. The Balaban J connectivity index is 3.40. The van der Waals surface area contributed by atoms with E-state index in [4.69, 9.17) is 4.74 Å². The zero-order chi connectivity index (χ0) is 17.5. The molecule has 6 heteroatoms. The molecule has 0 fully saturated rings.